The molecule has 0 aliphatic rings. The average molecular weight is 490 g/mol. The van der Waals surface area contributed by atoms with Crippen molar-refractivity contribution >= 4 is 68.1 Å². The fourth-order valence-electron chi connectivity index (χ4n) is 3.00. The smallest absolute Gasteiger partial charge is 0.237 e. The second-order valence-corrected chi connectivity index (χ2v) is 9.88. The van der Waals surface area contributed by atoms with Gasteiger partial charge >= 0.3 is 0 Å². The van der Waals surface area contributed by atoms with Crippen molar-refractivity contribution in [3.8, 4) is 16.9 Å². The maximum Gasteiger partial charge on any atom is 0.237 e. The zero-order valence-electron chi connectivity index (χ0n) is 16.5. The first-order valence-electron chi connectivity index (χ1n) is 9.29. The van der Waals surface area contributed by atoms with Gasteiger partial charge in [0.25, 0.3) is 0 Å². The Labute approximate surface area is 197 Å². The number of nitrogens with one attached hydrogen (secondary N) is 1. The number of aromatic hydroxyl groups is 1. The predicted octanol–water partition coefficient (Wildman–Crippen LogP) is 6.80. The van der Waals surface area contributed by atoms with Crippen LogP contribution < -0.4 is 5.32 Å². The van der Waals surface area contributed by atoms with Crippen LogP contribution in [0.2, 0.25) is 10.0 Å². The van der Waals surface area contributed by atoms with Crippen molar-refractivity contribution in [1.82, 2.24) is 9.97 Å². The number of carbonyl (C=O) groups excluding carboxylic acids is 1. The van der Waals surface area contributed by atoms with Crippen molar-refractivity contribution < 1.29 is 9.90 Å². The number of phenols is 1. The molecular weight excluding hydrogens is 473 g/mol. The molecule has 2 heterocycles. The number of aryl methyl sites for hydroxylation is 1. The quantitative estimate of drug-likeness (QED) is 0.183. The summed E-state index contributed by atoms with van der Waals surface area (Å²) in [6.07, 6.45) is 0. The van der Waals surface area contributed by atoms with Gasteiger partial charge in [0.05, 0.1) is 16.3 Å². The number of benzene rings is 2. The Hall–Kier alpha value is -2.32. The highest BCUT2D eigenvalue weighted by atomic mass is 35.5. The fraction of sp³-hybridized carbons (Fsp3) is 0.136. The SMILES string of the molecule is Cc1nc(SC(C)C(=O)Nc2cc(Cl)ccc2O)c2c(-c3ccc(Cl)cc3)csc2n1. The molecule has 0 spiro atoms. The van der Waals surface area contributed by atoms with Gasteiger partial charge in [0.2, 0.25) is 5.91 Å². The van der Waals surface area contributed by atoms with Crippen LogP contribution in [0.15, 0.2) is 52.9 Å². The minimum Gasteiger partial charge on any atom is -0.506 e. The first-order chi connectivity index (χ1) is 14.8. The number of fused-ring (bicyclic) bond motifs is 1. The van der Waals surface area contributed by atoms with E-state index in [0.29, 0.717) is 15.9 Å². The first kappa shape index (κ1) is 21.9. The summed E-state index contributed by atoms with van der Waals surface area (Å²) in [7, 11) is 0. The minimum absolute atomic E-state index is 0.0434. The van der Waals surface area contributed by atoms with Crippen molar-refractivity contribution in [2.45, 2.75) is 24.1 Å². The van der Waals surface area contributed by atoms with E-state index in [-0.39, 0.29) is 17.3 Å². The van der Waals surface area contributed by atoms with Gasteiger partial charge in [-0.15, -0.1) is 11.3 Å². The van der Waals surface area contributed by atoms with Gasteiger partial charge in [-0.05, 0) is 49.7 Å². The van der Waals surface area contributed by atoms with E-state index in [2.05, 4.69) is 15.3 Å². The van der Waals surface area contributed by atoms with Crippen molar-refractivity contribution in [3.63, 3.8) is 0 Å². The lowest BCUT2D eigenvalue weighted by Gasteiger charge is -2.14. The summed E-state index contributed by atoms with van der Waals surface area (Å²) in [5.74, 6) is 0.327. The Morgan fingerprint density at radius 1 is 1.13 bits per heavy atom. The Morgan fingerprint density at radius 2 is 1.84 bits per heavy atom. The number of rotatable bonds is 5. The van der Waals surface area contributed by atoms with Gasteiger partial charge in [-0.3, -0.25) is 4.79 Å². The van der Waals surface area contributed by atoms with Crippen LogP contribution in [0.5, 0.6) is 5.75 Å². The summed E-state index contributed by atoms with van der Waals surface area (Å²) in [4.78, 5) is 22.8. The monoisotopic (exact) mass is 489 g/mol. The molecule has 0 bridgehead atoms. The molecule has 2 aromatic carbocycles. The number of amides is 1. The van der Waals surface area contributed by atoms with Gasteiger partial charge in [-0.1, -0.05) is 47.1 Å². The molecule has 1 amide bonds. The van der Waals surface area contributed by atoms with Crippen LogP contribution in [0, 0.1) is 6.92 Å². The van der Waals surface area contributed by atoms with Gasteiger partial charge in [0.15, 0.2) is 0 Å². The van der Waals surface area contributed by atoms with E-state index < -0.39 is 5.25 Å². The lowest BCUT2D eigenvalue weighted by molar-refractivity contribution is -0.115. The Balaban J connectivity index is 1.65. The second-order valence-electron chi connectivity index (χ2n) is 6.82. The number of thiophene rings is 1. The van der Waals surface area contributed by atoms with E-state index in [1.807, 2.05) is 36.6 Å². The highest BCUT2D eigenvalue weighted by molar-refractivity contribution is 8.00. The molecular formula is C22H17Cl2N3O2S2. The fourth-order valence-corrected chi connectivity index (χ4v) is 5.37. The Morgan fingerprint density at radius 3 is 2.58 bits per heavy atom. The van der Waals surface area contributed by atoms with Gasteiger partial charge in [0, 0.05) is 21.0 Å². The van der Waals surface area contributed by atoms with Crippen molar-refractivity contribution in [2.24, 2.45) is 0 Å². The molecule has 0 saturated carbocycles. The van der Waals surface area contributed by atoms with Gasteiger partial charge in [-0.2, -0.15) is 0 Å². The van der Waals surface area contributed by atoms with Crippen LogP contribution in [0.4, 0.5) is 5.69 Å². The largest absolute Gasteiger partial charge is 0.506 e. The molecule has 0 saturated heterocycles. The molecule has 0 radical (unpaired) electrons. The summed E-state index contributed by atoms with van der Waals surface area (Å²) in [6, 6.07) is 12.1. The maximum absolute atomic E-state index is 12.8. The Bertz CT molecular complexity index is 1280. The number of hydrogen-bond donors (Lipinski definition) is 2. The number of nitrogens with zero attached hydrogens (tertiary/aromatic N) is 2. The number of anilines is 1. The summed E-state index contributed by atoms with van der Waals surface area (Å²) in [5.41, 5.74) is 2.27. The lowest BCUT2D eigenvalue weighted by atomic mass is 10.1. The maximum atomic E-state index is 12.8. The Kier molecular flexibility index (Phi) is 6.39. The summed E-state index contributed by atoms with van der Waals surface area (Å²) >= 11 is 14.9. The molecule has 0 aliphatic carbocycles. The number of phenolic OH excluding ortho intramolecular Hbond substituents is 1. The van der Waals surface area contributed by atoms with E-state index in [4.69, 9.17) is 23.2 Å². The lowest BCUT2D eigenvalue weighted by Crippen LogP contribution is -2.22. The van der Waals surface area contributed by atoms with E-state index >= 15 is 0 Å². The van der Waals surface area contributed by atoms with Crippen LogP contribution in [-0.4, -0.2) is 26.2 Å². The molecule has 0 fully saturated rings. The third-order valence-electron chi connectivity index (χ3n) is 4.54. The number of aromatic nitrogens is 2. The van der Waals surface area contributed by atoms with Gasteiger partial charge in [0.1, 0.15) is 21.4 Å². The van der Waals surface area contributed by atoms with Crippen LogP contribution in [-0.2, 0) is 4.79 Å². The van der Waals surface area contributed by atoms with E-state index in [0.717, 1.165) is 26.4 Å². The highest BCUT2D eigenvalue weighted by Gasteiger charge is 2.21. The average Bonchev–Trinajstić information content (AvgIpc) is 3.15. The van der Waals surface area contributed by atoms with Crippen LogP contribution in [0.25, 0.3) is 21.3 Å². The molecule has 5 nitrogen and oxygen atoms in total. The first-order valence-corrected chi connectivity index (χ1v) is 11.8. The number of carbonyl (C=O) groups is 1. The normalized spacial score (nSPS) is 12.1. The molecule has 1 atom stereocenters. The third-order valence-corrected chi connectivity index (χ3v) is 6.99. The highest BCUT2D eigenvalue weighted by Crippen LogP contribution is 2.40. The molecule has 9 heteroatoms. The van der Waals surface area contributed by atoms with Crippen LogP contribution >= 0.6 is 46.3 Å². The molecule has 2 aromatic heterocycles. The number of halogens is 2. The van der Waals surface area contributed by atoms with Gasteiger partial charge in [-0.25, -0.2) is 9.97 Å². The van der Waals surface area contributed by atoms with E-state index in [9.17, 15) is 9.90 Å². The summed E-state index contributed by atoms with van der Waals surface area (Å²) in [6.45, 7) is 3.62. The molecule has 2 N–H and O–H groups in total. The standard InChI is InChI=1S/C22H17Cl2N3O2S2/c1-11(20(29)27-17-9-15(24)7-8-18(17)28)31-22-19-16(13-3-5-14(23)6-4-13)10-30-21(19)25-12(2)26-22/h3-11,28H,1-2H3,(H,27,29). The third kappa shape index (κ3) is 4.80. The molecule has 1 unspecified atom stereocenters. The van der Waals surface area contributed by atoms with E-state index in [1.165, 1.54) is 35.2 Å². The minimum atomic E-state index is -0.478. The van der Waals surface area contributed by atoms with Crippen molar-refractivity contribution in [1.29, 1.82) is 0 Å². The zero-order chi connectivity index (χ0) is 22.1. The molecule has 0 aliphatic heterocycles. The topological polar surface area (TPSA) is 75.1 Å². The number of hydrogen-bond acceptors (Lipinski definition) is 6. The summed E-state index contributed by atoms with van der Waals surface area (Å²) in [5, 5.41) is 17.0. The molecule has 158 valence electrons. The van der Waals surface area contributed by atoms with Gasteiger partial charge < -0.3 is 10.4 Å². The van der Waals surface area contributed by atoms with E-state index in [1.54, 1.807) is 13.0 Å². The number of thioether (sulfide) groups is 1. The molecule has 31 heavy (non-hydrogen) atoms. The molecule has 4 rings (SSSR count). The van der Waals surface area contributed by atoms with Crippen LogP contribution in [0.1, 0.15) is 12.7 Å². The van der Waals surface area contributed by atoms with Crippen molar-refractivity contribution in [3.05, 3.63) is 63.7 Å². The molecule has 4 aromatic rings. The predicted molar refractivity (Wildman–Crippen MR) is 130 cm³/mol. The zero-order valence-corrected chi connectivity index (χ0v) is 19.7. The van der Waals surface area contributed by atoms with Crippen molar-refractivity contribution in [2.75, 3.05) is 5.32 Å². The second kappa shape index (κ2) is 9.04. The van der Waals surface area contributed by atoms with Crippen LogP contribution in [0.3, 0.4) is 0 Å². The summed E-state index contributed by atoms with van der Waals surface area (Å²) < 4.78 is 0.